The number of hydrogen-bond donors (Lipinski definition) is 1. The van der Waals surface area contributed by atoms with Gasteiger partial charge in [-0.2, -0.15) is 0 Å². The van der Waals surface area contributed by atoms with Crippen molar-refractivity contribution < 1.29 is 4.79 Å². The van der Waals surface area contributed by atoms with Crippen molar-refractivity contribution in [2.75, 3.05) is 18.0 Å². The van der Waals surface area contributed by atoms with Gasteiger partial charge in [-0.25, -0.2) is 9.97 Å². The minimum atomic E-state index is 0.283. The Morgan fingerprint density at radius 3 is 2.75 bits per heavy atom. The molecule has 0 bridgehead atoms. The van der Waals surface area contributed by atoms with Crippen LogP contribution in [0.1, 0.15) is 45.4 Å². The molecule has 3 aliphatic rings. The van der Waals surface area contributed by atoms with E-state index in [4.69, 9.17) is 11.6 Å². The molecule has 1 amide bonds. The molecular weight excluding hydrogens is 324 g/mol. The van der Waals surface area contributed by atoms with Crippen LogP contribution in [-0.2, 0) is 4.79 Å². The lowest BCUT2D eigenvalue weighted by molar-refractivity contribution is -0.123. The molecule has 3 fully saturated rings. The SMILES string of the molecule is C[C@H]1C[C@@H]1C(=O)NC1CCC2(CC1)CCN(c1cc(Cl)ncn1)C2. The second-order valence-electron chi connectivity index (χ2n) is 7.97. The second-order valence-corrected chi connectivity index (χ2v) is 8.36. The molecule has 130 valence electrons. The van der Waals surface area contributed by atoms with E-state index in [0.717, 1.165) is 38.2 Å². The highest BCUT2D eigenvalue weighted by Gasteiger charge is 2.43. The summed E-state index contributed by atoms with van der Waals surface area (Å²) < 4.78 is 0. The molecule has 24 heavy (non-hydrogen) atoms. The number of aromatic nitrogens is 2. The van der Waals surface area contributed by atoms with Crippen LogP contribution < -0.4 is 10.2 Å². The fourth-order valence-corrected chi connectivity index (χ4v) is 4.55. The molecule has 6 heteroatoms. The number of carbonyl (C=O) groups excluding carboxylic acids is 1. The molecule has 1 aromatic heterocycles. The van der Waals surface area contributed by atoms with E-state index in [1.165, 1.54) is 25.6 Å². The van der Waals surface area contributed by atoms with Gasteiger partial charge < -0.3 is 10.2 Å². The largest absolute Gasteiger partial charge is 0.356 e. The van der Waals surface area contributed by atoms with Gasteiger partial charge in [0.25, 0.3) is 0 Å². The van der Waals surface area contributed by atoms with Crippen LogP contribution in [0.15, 0.2) is 12.4 Å². The van der Waals surface area contributed by atoms with Crippen molar-refractivity contribution in [1.82, 2.24) is 15.3 Å². The van der Waals surface area contributed by atoms with Crippen LogP contribution in [0.4, 0.5) is 5.82 Å². The molecule has 0 aromatic carbocycles. The van der Waals surface area contributed by atoms with E-state index >= 15 is 0 Å². The third-order valence-electron chi connectivity index (χ3n) is 6.22. The Morgan fingerprint density at radius 2 is 2.08 bits per heavy atom. The van der Waals surface area contributed by atoms with Gasteiger partial charge in [-0.3, -0.25) is 4.79 Å². The molecule has 1 aromatic rings. The van der Waals surface area contributed by atoms with E-state index in [9.17, 15) is 4.79 Å². The summed E-state index contributed by atoms with van der Waals surface area (Å²) in [6, 6.07) is 2.22. The van der Waals surface area contributed by atoms with Gasteiger partial charge in [-0.1, -0.05) is 18.5 Å². The van der Waals surface area contributed by atoms with Gasteiger partial charge >= 0.3 is 0 Å². The van der Waals surface area contributed by atoms with Crippen LogP contribution in [0, 0.1) is 17.3 Å². The Hall–Kier alpha value is -1.36. The lowest BCUT2D eigenvalue weighted by atomic mass is 9.72. The molecule has 0 unspecified atom stereocenters. The van der Waals surface area contributed by atoms with Crippen LogP contribution in [-0.4, -0.2) is 35.0 Å². The molecule has 1 saturated heterocycles. The Morgan fingerprint density at radius 1 is 1.33 bits per heavy atom. The summed E-state index contributed by atoms with van der Waals surface area (Å²) >= 11 is 5.99. The van der Waals surface area contributed by atoms with E-state index in [2.05, 4.69) is 27.1 Å². The van der Waals surface area contributed by atoms with Crippen molar-refractivity contribution in [2.45, 2.75) is 51.5 Å². The lowest BCUT2D eigenvalue weighted by Crippen LogP contribution is -2.42. The highest BCUT2D eigenvalue weighted by molar-refractivity contribution is 6.29. The molecule has 5 nitrogen and oxygen atoms in total. The quantitative estimate of drug-likeness (QED) is 0.853. The Kier molecular flexibility index (Phi) is 4.15. The zero-order valence-corrected chi connectivity index (χ0v) is 14.9. The fourth-order valence-electron chi connectivity index (χ4n) is 4.41. The molecule has 2 atom stereocenters. The number of amides is 1. The minimum absolute atomic E-state index is 0.283. The van der Waals surface area contributed by atoms with Gasteiger partial charge in [0.1, 0.15) is 17.3 Å². The van der Waals surface area contributed by atoms with E-state index < -0.39 is 0 Å². The molecule has 4 rings (SSSR count). The zero-order chi connectivity index (χ0) is 16.7. The van der Waals surface area contributed by atoms with Crippen LogP contribution in [0.3, 0.4) is 0 Å². The van der Waals surface area contributed by atoms with Crippen molar-refractivity contribution >= 4 is 23.3 Å². The molecule has 0 radical (unpaired) electrons. The number of nitrogens with zero attached hydrogens (tertiary/aromatic N) is 3. The number of anilines is 1. The molecule has 1 N–H and O–H groups in total. The van der Waals surface area contributed by atoms with Crippen molar-refractivity contribution in [3.63, 3.8) is 0 Å². The van der Waals surface area contributed by atoms with Crippen molar-refractivity contribution in [3.05, 3.63) is 17.5 Å². The molecule has 2 heterocycles. The van der Waals surface area contributed by atoms with Gasteiger partial charge in [0.2, 0.25) is 5.91 Å². The third kappa shape index (κ3) is 3.23. The predicted octanol–water partition coefficient (Wildman–Crippen LogP) is 3.04. The maximum absolute atomic E-state index is 12.1. The summed E-state index contributed by atoms with van der Waals surface area (Å²) in [7, 11) is 0. The summed E-state index contributed by atoms with van der Waals surface area (Å²) in [6.07, 6.45) is 8.39. The van der Waals surface area contributed by atoms with Crippen LogP contribution in [0.2, 0.25) is 5.15 Å². The molecule has 1 aliphatic heterocycles. The van der Waals surface area contributed by atoms with E-state index in [-0.39, 0.29) is 11.8 Å². The van der Waals surface area contributed by atoms with E-state index in [1.54, 1.807) is 0 Å². The predicted molar refractivity (Wildman–Crippen MR) is 94.0 cm³/mol. The average Bonchev–Trinajstić information content (AvgIpc) is 3.17. The summed E-state index contributed by atoms with van der Waals surface area (Å²) in [5, 5.41) is 3.78. The number of halogens is 1. The van der Waals surface area contributed by atoms with Gasteiger partial charge in [0, 0.05) is 31.1 Å². The zero-order valence-electron chi connectivity index (χ0n) is 14.2. The standard InChI is InChI=1S/C18H25ClN4O/c1-12-8-14(12)17(24)22-13-2-4-18(5-3-13)6-7-23(10-18)16-9-15(19)20-11-21-16/h9,11-14H,2-8,10H2,1H3,(H,22,24)/t12-,13?,14-,18?/m0/s1. The van der Waals surface area contributed by atoms with Gasteiger partial charge in [0.05, 0.1) is 0 Å². The Balaban J connectivity index is 1.31. The first-order chi connectivity index (χ1) is 11.5. The van der Waals surface area contributed by atoms with Gasteiger partial charge in [-0.05, 0) is 49.9 Å². The number of hydrogen-bond acceptors (Lipinski definition) is 4. The van der Waals surface area contributed by atoms with Gasteiger partial charge in [0.15, 0.2) is 0 Å². The van der Waals surface area contributed by atoms with Gasteiger partial charge in [-0.15, -0.1) is 0 Å². The van der Waals surface area contributed by atoms with Crippen molar-refractivity contribution in [3.8, 4) is 0 Å². The van der Waals surface area contributed by atoms with Crippen LogP contribution >= 0.6 is 11.6 Å². The number of rotatable bonds is 3. The smallest absolute Gasteiger partial charge is 0.223 e. The molecule has 2 aliphatic carbocycles. The molecular formula is C18H25ClN4O. The normalized spacial score (nSPS) is 35.2. The number of nitrogens with one attached hydrogen (secondary N) is 1. The minimum Gasteiger partial charge on any atom is -0.356 e. The van der Waals surface area contributed by atoms with Crippen molar-refractivity contribution in [2.24, 2.45) is 17.3 Å². The maximum Gasteiger partial charge on any atom is 0.223 e. The van der Waals surface area contributed by atoms with E-state index in [1.807, 2.05) is 6.07 Å². The average molecular weight is 349 g/mol. The maximum atomic E-state index is 12.1. The Labute approximate surface area is 148 Å². The third-order valence-corrected chi connectivity index (χ3v) is 6.43. The highest BCUT2D eigenvalue weighted by atomic mass is 35.5. The lowest BCUT2D eigenvalue weighted by Gasteiger charge is -2.37. The Bertz CT molecular complexity index is 629. The first-order valence-corrected chi connectivity index (χ1v) is 9.45. The first kappa shape index (κ1) is 16.1. The fraction of sp³-hybridized carbons (Fsp3) is 0.722. The van der Waals surface area contributed by atoms with Crippen LogP contribution in [0.25, 0.3) is 0 Å². The monoisotopic (exact) mass is 348 g/mol. The molecule has 2 saturated carbocycles. The first-order valence-electron chi connectivity index (χ1n) is 9.08. The summed E-state index contributed by atoms with van der Waals surface area (Å²) in [5.41, 5.74) is 0.380. The summed E-state index contributed by atoms with van der Waals surface area (Å²) in [6.45, 7) is 4.23. The van der Waals surface area contributed by atoms with Crippen LogP contribution in [0.5, 0.6) is 0 Å². The summed E-state index contributed by atoms with van der Waals surface area (Å²) in [4.78, 5) is 22.8. The van der Waals surface area contributed by atoms with E-state index in [0.29, 0.717) is 22.5 Å². The van der Waals surface area contributed by atoms with Crippen molar-refractivity contribution in [1.29, 1.82) is 0 Å². The molecule has 1 spiro atoms. The highest BCUT2D eigenvalue weighted by Crippen LogP contribution is 2.45. The topological polar surface area (TPSA) is 58.1 Å². The second kappa shape index (κ2) is 6.17. The number of carbonyl (C=O) groups is 1. The summed E-state index contributed by atoms with van der Waals surface area (Å²) in [5.74, 6) is 2.09.